The zero-order valence-corrected chi connectivity index (χ0v) is 13.2. The van der Waals surface area contributed by atoms with Crippen LogP contribution in [-0.4, -0.2) is 26.5 Å². The summed E-state index contributed by atoms with van der Waals surface area (Å²) in [4.78, 5) is 27.9. The smallest absolute Gasteiger partial charge is 0.339 e. The molecule has 124 valence electrons. The minimum absolute atomic E-state index is 0.0889. The molecule has 0 radical (unpaired) electrons. The first-order valence-electron chi connectivity index (χ1n) is 7.89. The molecule has 0 bridgehead atoms. The number of amides is 1. The molecular formula is C19H15N3O3. The van der Waals surface area contributed by atoms with Crippen LogP contribution in [0, 0.1) is 0 Å². The fourth-order valence-corrected chi connectivity index (χ4v) is 3.30. The Morgan fingerprint density at radius 3 is 2.56 bits per heavy atom. The van der Waals surface area contributed by atoms with Crippen molar-refractivity contribution in [2.24, 2.45) is 0 Å². The number of carbonyl (C=O) groups is 2. The summed E-state index contributed by atoms with van der Waals surface area (Å²) in [7, 11) is 0. The third-order valence-electron chi connectivity index (χ3n) is 4.40. The predicted octanol–water partition coefficient (Wildman–Crippen LogP) is 3.04. The Bertz CT molecular complexity index is 949. The van der Waals surface area contributed by atoms with E-state index in [-0.39, 0.29) is 23.8 Å². The highest BCUT2D eigenvalue weighted by molar-refractivity contribution is 6.04. The maximum absolute atomic E-state index is 12.2. The molecule has 0 saturated heterocycles. The van der Waals surface area contributed by atoms with Crippen molar-refractivity contribution in [2.75, 3.05) is 5.32 Å². The average molecular weight is 333 g/mol. The van der Waals surface area contributed by atoms with E-state index < -0.39 is 5.97 Å². The van der Waals surface area contributed by atoms with Gasteiger partial charge in [-0.25, -0.2) is 4.79 Å². The molecule has 1 aromatic carbocycles. The second-order valence-corrected chi connectivity index (χ2v) is 5.90. The zero-order chi connectivity index (χ0) is 17.4. The van der Waals surface area contributed by atoms with E-state index in [1.807, 2.05) is 47.0 Å². The number of carbonyl (C=O) groups excluding carboxylic acids is 1. The molecule has 1 aliphatic rings. The van der Waals surface area contributed by atoms with E-state index in [9.17, 15) is 14.7 Å². The monoisotopic (exact) mass is 333 g/mol. The Balaban J connectivity index is 1.98. The molecular weight excluding hydrogens is 318 g/mol. The Kier molecular flexibility index (Phi) is 3.57. The molecule has 3 heterocycles. The van der Waals surface area contributed by atoms with Gasteiger partial charge in [-0.1, -0.05) is 18.2 Å². The first-order chi connectivity index (χ1) is 12.1. The molecule has 25 heavy (non-hydrogen) atoms. The number of carboxylic acid groups (broad SMARTS) is 1. The highest BCUT2D eigenvalue weighted by Crippen LogP contribution is 2.41. The van der Waals surface area contributed by atoms with E-state index in [0.29, 0.717) is 5.69 Å². The van der Waals surface area contributed by atoms with Gasteiger partial charge < -0.3 is 15.0 Å². The van der Waals surface area contributed by atoms with Gasteiger partial charge in [-0.3, -0.25) is 9.78 Å². The van der Waals surface area contributed by atoms with Crippen molar-refractivity contribution in [3.05, 3.63) is 77.9 Å². The Hall–Kier alpha value is -3.41. The lowest BCUT2D eigenvalue weighted by Gasteiger charge is -2.26. The Morgan fingerprint density at radius 2 is 1.88 bits per heavy atom. The number of rotatable bonds is 3. The predicted molar refractivity (Wildman–Crippen MR) is 92.1 cm³/mol. The summed E-state index contributed by atoms with van der Waals surface area (Å²) in [5, 5.41) is 12.3. The van der Waals surface area contributed by atoms with Gasteiger partial charge >= 0.3 is 5.97 Å². The van der Waals surface area contributed by atoms with Gasteiger partial charge in [0.2, 0.25) is 5.91 Å². The molecule has 1 atom stereocenters. The number of hydrogen-bond donors (Lipinski definition) is 2. The number of carboxylic acids is 1. The SMILES string of the molecule is O=C1C[C@H](c2ccncc2)c2c(c(C(=O)O)cn2-c2ccccc2)N1. The van der Waals surface area contributed by atoms with Gasteiger partial charge in [0.1, 0.15) is 5.56 Å². The minimum Gasteiger partial charge on any atom is -0.478 e. The van der Waals surface area contributed by atoms with E-state index in [0.717, 1.165) is 16.9 Å². The lowest BCUT2D eigenvalue weighted by atomic mass is 9.89. The second-order valence-electron chi connectivity index (χ2n) is 5.90. The van der Waals surface area contributed by atoms with E-state index in [1.165, 1.54) is 0 Å². The molecule has 0 fully saturated rings. The fourth-order valence-electron chi connectivity index (χ4n) is 3.30. The third-order valence-corrected chi connectivity index (χ3v) is 4.40. The van der Waals surface area contributed by atoms with Crippen molar-refractivity contribution in [3.8, 4) is 5.69 Å². The van der Waals surface area contributed by atoms with E-state index in [2.05, 4.69) is 10.3 Å². The quantitative estimate of drug-likeness (QED) is 0.771. The van der Waals surface area contributed by atoms with Gasteiger partial charge in [0.15, 0.2) is 0 Å². The molecule has 0 unspecified atom stereocenters. The summed E-state index contributed by atoms with van der Waals surface area (Å²) in [6.07, 6.45) is 5.18. The van der Waals surface area contributed by atoms with Crippen LogP contribution in [0.3, 0.4) is 0 Å². The summed E-state index contributed by atoms with van der Waals surface area (Å²) in [5.74, 6) is -1.50. The summed E-state index contributed by atoms with van der Waals surface area (Å²) >= 11 is 0. The van der Waals surface area contributed by atoms with Crippen molar-refractivity contribution in [1.82, 2.24) is 9.55 Å². The first kappa shape index (κ1) is 15.1. The maximum Gasteiger partial charge on any atom is 0.339 e. The third kappa shape index (κ3) is 2.57. The molecule has 0 saturated carbocycles. The van der Waals surface area contributed by atoms with Crippen LogP contribution in [0.5, 0.6) is 0 Å². The standard InChI is InChI=1S/C19H15N3O3/c23-16-10-14(12-6-8-20-9-7-12)18-17(21-16)15(19(24)25)11-22(18)13-4-2-1-3-5-13/h1-9,11,14H,10H2,(H,21,23)(H,24,25)/t14-/m1/s1. The zero-order valence-electron chi connectivity index (χ0n) is 13.2. The number of hydrogen-bond acceptors (Lipinski definition) is 3. The molecule has 6 heteroatoms. The number of aromatic nitrogens is 2. The van der Waals surface area contributed by atoms with Gasteiger partial charge in [-0.15, -0.1) is 0 Å². The Labute approximate surface area is 143 Å². The highest BCUT2D eigenvalue weighted by Gasteiger charge is 2.34. The molecule has 0 aliphatic carbocycles. The number of nitrogens with zero attached hydrogens (tertiary/aromatic N) is 2. The number of pyridine rings is 1. The minimum atomic E-state index is -1.07. The summed E-state index contributed by atoms with van der Waals surface area (Å²) < 4.78 is 1.85. The van der Waals surface area contributed by atoms with Crippen molar-refractivity contribution in [1.29, 1.82) is 0 Å². The number of benzene rings is 1. The number of anilines is 1. The van der Waals surface area contributed by atoms with Gasteiger partial charge in [0.25, 0.3) is 0 Å². The lowest BCUT2D eigenvalue weighted by Crippen LogP contribution is -2.25. The van der Waals surface area contributed by atoms with Gasteiger partial charge in [0, 0.05) is 36.6 Å². The fraction of sp³-hybridized carbons (Fsp3) is 0.105. The van der Waals surface area contributed by atoms with Crippen LogP contribution >= 0.6 is 0 Å². The van der Waals surface area contributed by atoms with Crippen LogP contribution in [0.15, 0.2) is 61.1 Å². The van der Waals surface area contributed by atoms with Gasteiger partial charge in [-0.05, 0) is 29.8 Å². The van der Waals surface area contributed by atoms with Crippen LogP contribution in [0.4, 0.5) is 5.69 Å². The normalized spacial score (nSPS) is 16.2. The van der Waals surface area contributed by atoms with Crippen LogP contribution in [0.1, 0.15) is 34.0 Å². The van der Waals surface area contributed by atoms with E-state index in [4.69, 9.17) is 0 Å². The largest absolute Gasteiger partial charge is 0.478 e. The summed E-state index contributed by atoms with van der Waals surface area (Å²) in [5.41, 5.74) is 3.01. The van der Waals surface area contributed by atoms with Crippen molar-refractivity contribution in [3.63, 3.8) is 0 Å². The van der Waals surface area contributed by atoms with Gasteiger partial charge in [0.05, 0.1) is 11.4 Å². The molecule has 6 nitrogen and oxygen atoms in total. The van der Waals surface area contributed by atoms with Crippen LogP contribution < -0.4 is 5.32 Å². The van der Waals surface area contributed by atoms with Crippen LogP contribution in [0.2, 0.25) is 0 Å². The molecule has 3 aromatic rings. The molecule has 2 aromatic heterocycles. The number of aromatic carboxylic acids is 1. The highest BCUT2D eigenvalue weighted by atomic mass is 16.4. The summed E-state index contributed by atoms with van der Waals surface area (Å²) in [6.45, 7) is 0. The van der Waals surface area contributed by atoms with E-state index >= 15 is 0 Å². The lowest BCUT2D eigenvalue weighted by molar-refractivity contribution is -0.116. The number of para-hydroxylation sites is 1. The second kappa shape index (κ2) is 5.90. The van der Waals surface area contributed by atoms with E-state index in [1.54, 1.807) is 18.6 Å². The van der Waals surface area contributed by atoms with Gasteiger partial charge in [-0.2, -0.15) is 0 Å². The average Bonchev–Trinajstić information content (AvgIpc) is 3.02. The molecule has 2 N–H and O–H groups in total. The molecule has 0 spiro atoms. The topological polar surface area (TPSA) is 84.2 Å². The summed E-state index contributed by atoms with van der Waals surface area (Å²) in [6, 6.07) is 13.2. The molecule has 1 amide bonds. The van der Waals surface area contributed by atoms with Crippen molar-refractivity contribution >= 4 is 17.6 Å². The number of fused-ring (bicyclic) bond motifs is 1. The molecule has 4 rings (SSSR count). The first-order valence-corrected chi connectivity index (χ1v) is 7.89. The maximum atomic E-state index is 12.2. The Morgan fingerprint density at radius 1 is 1.16 bits per heavy atom. The van der Waals surface area contributed by atoms with Crippen molar-refractivity contribution in [2.45, 2.75) is 12.3 Å². The molecule has 1 aliphatic heterocycles. The number of nitrogens with one attached hydrogen (secondary N) is 1. The van der Waals surface area contributed by atoms with Crippen LogP contribution in [0.25, 0.3) is 5.69 Å². The van der Waals surface area contributed by atoms with Crippen molar-refractivity contribution < 1.29 is 14.7 Å². The van der Waals surface area contributed by atoms with Crippen LogP contribution in [-0.2, 0) is 4.79 Å².